The van der Waals surface area contributed by atoms with E-state index in [0.717, 1.165) is 12.1 Å². The molecule has 2 aromatic carbocycles. The van der Waals surface area contributed by atoms with E-state index in [-0.39, 0.29) is 33.7 Å². The summed E-state index contributed by atoms with van der Waals surface area (Å²) >= 11 is 12.2. The van der Waals surface area contributed by atoms with E-state index in [4.69, 9.17) is 27.6 Å². The second-order valence-electron chi connectivity index (χ2n) is 5.46. The second-order valence-corrected chi connectivity index (χ2v) is 6.22. The molecule has 10 heteroatoms. The van der Waals surface area contributed by atoms with Crippen LogP contribution in [0.4, 0.5) is 13.2 Å². The van der Waals surface area contributed by atoms with Crippen LogP contribution in [0, 0.1) is 0 Å². The average Bonchev–Trinajstić information content (AvgIpc) is 3.10. The lowest BCUT2D eigenvalue weighted by Gasteiger charge is -2.08. The molecule has 0 unspecified atom stereocenters. The lowest BCUT2D eigenvalue weighted by Crippen LogP contribution is -2.05. The van der Waals surface area contributed by atoms with Gasteiger partial charge < -0.3 is 4.42 Å². The first-order valence-corrected chi connectivity index (χ1v) is 8.22. The molecule has 0 aliphatic rings. The van der Waals surface area contributed by atoms with E-state index in [1.54, 1.807) is 24.3 Å². The summed E-state index contributed by atoms with van der Waals surface area (Å²) in [5.41, 5.74) is -0.152. The Balaban J connectivity index is 1.82. The van der Waals surface area contributed by atoms with E-state index in [2.05, 4.69) is 20.2 Å². The number of aromatic nitrogens is 4. The summed E-state index contributed by atoms with van der Waals surface area (Å²) in [4.78, 5) is 8.18. The first kappa shape index (κ1) is 17.7. The van der Waals surface area contributed by atoms with Crippen molar-refractivity contribution >= 4 is 34.2 Å². The molecule has 0 N–H and O–H groups in total. The van der Waals surface area contributed by atoms with E-state index in [1.807, 2.05) is 0 Å². The minimum atomic E-state index is -4.50. The molecule has 0 saturated carbocycles. The summed E-state index contributed by atoms with van der Waals surface area (Å²) in [5, 5.41) is 8.08. The van der Waals surface area contributed by atoms with Crippen LogP contribution in [0.1, 0.15) is 5.56 Å². The van der Waals surface area contributed by atoms with Crippen LogP contribution in [0.2, 0.25) is 10.2 Å². The highest BCUT2D eigenvalue weighted by atomic mass is 35.5. The number of hydrogen-bond donors (Lipinski definition) is 0. The molecule has 0 bridgehead atoms. The molecule has 2 heterocycles. The van der Waals surface area contributed by atoms with E-state index in [0.29, 0.717) is 10.6 Å². The quantitative estimate of drug-likeness (QED) is 0.425. The molecular weight excluding hydrogens is 404 g/mol. The van der Waals surface area contributed by atoms with Gasteiger partial charge in [0.1, 0.15) is 0 Å². The smallest absolute Gasteiger partial charge is 0.414 e. The molecule has 0 radical (unpaired) electrons. The van der Waals surface area contributed by atoms with Crippen LogP contribution in [-0.2, 0) is 6.18 Å². The van der Waals surface area contributed by atoms with Crippen molar-refractivity contribution in [1.29, 1.82) is 0 Å². The van der Waals surface area contributed by atoms with E-state index >= 15 is 0 Å². The van der Waals surface area contributed by atoms with E-state index < -0.39 is 11.7 Å². The number of fused-ring (bicyclic) bond motifs is 1. The van der Waals surface area contributed by atoms with Gasteiger partial charge in [0.15, 0.2) is 10.8 Å². The molecule has 0 amide bonds. The van der Waals surface area contributed by atoms with Gasteiger partial charge in [0.25, 0.3) is 5.89 Å². The van der Waals surface area contributed by atoms with E-state index in [9.17, 15) is 13.2 Å². The molecule has 0 atom stereocenters. The van der Waals surface area contributed by atoms with Crippen molar-refractivity contribution in [2.24, 2.45) is 0 Å². The molecule has 0 spiro atoms. The zero-order valence-corrected chi connectivity index (χ0v) is 14.6. The van der Waals surface area contributed by atoms with Crippen molar-refractivity contribution < 1.29 is 17.6 Å². The molecular formula is C17H7Cl2F3N4O. The SMILES string of the molecule is FC(F)(F)c1ccc2nc(Cl)c(-c3nnc(-c4ccccc4Cl)o3)nc2c1. The highest BCUT2D eigenvalue weighted by molar-refractivity contribution is 6.33. The number of hydrogen-bond acceptors (Lipinski definition) is 5. The van der Waals surface area contributed by atoms with Crippen molar-refractivity contribution in [3.8, 4) is 23.0 Å². The monoisotopic (exact) mass is 410 g/mol. The van der Waals surface area contributed by atoms with Crippen molar-refractivity contribution in [2.75, 3.05) is 0 Å². The number of alkyl halides is 3. The van der Waals surface area contributed by atoms with Crippen LogP contribution in [0.5, 0.6) is 0 Å². The van der Waals surface area contributed by atoms with Crippen LogP contribution in [0.3, 0.4) is 0 Å². The normalized spacial score (nSPS) is 11.9. The summed E-state index contributed by atoms with van der Waals surface area (Å²) in [6.07, 6.45) is -4.50. The Labute approximate surface area is 159 Å². The maximum absolute atomic E-state index is 12.9. The third kappa shape index (κ3) is 3.33. The van der Waals surface area contributed by atoms with Crippen molar-refractivity contribution in [2.45, 2.75) is 6.18 Å². The third-order valence-electron chi connectivity index (χ3n) is 3.68. The predicted octanol–water partition coefficient (Wildman–Crippen LogP) is 5.67. The van der Waals surface area contributed by atoms with Crippen LogP contribution in [0.15, 0.2) is 46.9 Å². The number of halogens is 5. The molecule has 5 nitrogen and oxygen atoms in total. The van der Waals surface area contributed by atoms with Gasteiger partial charge in [-0.2, -0.15) is 13.2 Å². The molecule has 2 aromatic heterocycles. The van der Waals surface area contributed by atoms with Crippen LogP contribution < -0.4 is 0 Å². The van der Waals surface area contributed by atoms with Crippen molar-refractivity contribution in [1.82, 2.24) is 20.2 Å². The Morgan fingerprint density at radius 2 is 1.59 bits per heavy atom. The van der Waals surface area contributed by atoms with Gasteiger partial charge in [-0.25, -0.2) is 9.97 Å². The van der Waals surface area contributed by atoms with Gasteiger partial charge in [-0.05, 0) is 30.3 Å². The maximum atomic E-state index is 12.9. The van der Waals surface area contributed by atoms with Crippen LogP contribution in [0.25, 0.3) is 34.1 Å². The van der Waals surface area contributed by atoms with Gasteiger partial charge in [0.2, 0.25) is 5.89 Å². The molecule has 4 rings (SSSR count). The Kier molecular flexibility index (Phi) is 4.24. The Morgan fingerprint density at radius 1 is 0.852 bits per heavy atom. The fraction of sp³-hybridized carbons (Fsp3) is 0.0588. The van der Waals surface area contributed by atoms with Gasteiger partial charge in [-0.3, -0.25) is 0 Å². The van der Waals surface area contributed by atoms with Gasteiger partial charge in [-0.1, -0.05) is 35.3 Å². The number of rotatable bonds is 2. The maximum Gasteiger partial charge on any atom is 0.416 e. The highest BCUT2D eigenvalue weighted by Gasteiger charge is 2.31. The molecule has 0 aliphatic heterocycles. The number of nitrogens with zero attached hydrogens (tertiary/aromatic N) is 4. The first-order valence-electron chi connectivity index (χ1n) is 7.46. The largest absolute Gasteiger partial charge is 0.416 e. The summed E-state index contributed by atoms with van der Waals surface area (Å²) in [7, 11) is 0. The summed E-state index contributed by atoms with van der Waals surface area (Å²) in [6.45, 7) is 0. The van der Waals surface area contributed by atoms with Crippen molar-refractivity contribution in [3.05, 3.63) is 58.2 Å². The van der Waals surface area contributed by atoms with Gasteiger partial charge in [0, 0.05) is 0 Å². The van der Waals surface area contributed by atoms with E-state index in [1.165, 1.54) is 6.07 Å². The number of benzene rings is 2. The van der Waals surface area contributed by atoms with Crippen LogP contribution in [-0.4, -0.2) is 20.2 Å². The topological polar surface area (TPSA) is 64.7 Å². The molecule has 27 heavy (non-hydrogen) atoms. The molecule has 136 valence electrons. The predicted molar refractivity (Wildman–Crippen MR) is 93.3 cm³/mol. The molecule has 0 saturated heterocycles. The lowest BCUT2D eigenvalue weighted by atomic mass is 10.2. The molecule has 4 aromatic rings. The first-order chi connectivity index (χ1) is 12.8. The Morgan fingerprint density at radius 3 is 2.33 bits per heavy atom. The van der Waals surface area contributed by atoms with Crippen LogP contribution >= 0.6 is 23.2 Å². The minimum Gasteiger partial charge on any atom is -0.414 e. The second kappa shape index (κ2) is 6.47. The highest BCUT2D eigenvalue weighted by Crippen LogP contribution is 2.34. The average molecular weight is 411 g/mol. The summed E-state index contributed by atoms with van der Waals surface area (Å²) in [6, 6.07) is 9.82. The Bertz CT molecular complexity index is 1160. The summed E-state index contributed by atoms with van der Waals surface area (Å²) < 4.78 is 44.3. The van der Waals surface area contributed by atoms with Gasteiger partial charge in [-0.15, -0.1) is 10.2 Å². The summed E-state index contributed by atoms with van der Waals surface area (Å²) in [5.74, 6) is 0.0411. The third-order valence-corrected chi connectivity index (χ3v) is 4.27. The molecule has 0 aliphatic carbocycles. The molecule has 0 fully saturated rings. The Hall–Kier alpha value is -2.71. The fourth-order valence-corrected chi connectivity index (χ4v) is 2.84. The minimum absolute atomic E-state index is 0.00159. The lowest BCUT2D eigenvalue weighted by molar-refractivity contribution is -0.137. The fourth-order valence-electron chi connectivity index (χ4n) is 2.41. The van der Waals surface area contributed by atoms with Gasteiger partial charge in [0.05, 0.1) is 27.2 Å². The standard InChI is InChI=1S/C17H7Cl2F3N4O/c18-10-4-2-1-3-9(10)15-25-26-16(27-15)13-14(19)24-11-6-5-8(17(20,21)22)7-12(11)23-13/h1-7H. The zero-order chi connectivity index (χ0) is 19.2. The van der Waals surface area contributed by atoms with Gasteiger partial charge >= 0.3 is 6.18 Å². The van der Waals surface area contributed by atoms with Crippen molar-refractivity contribution in [3.63, 3.8) is 0 Å². The zero-order valence-electron chi connectivity index (χ0n) is 13.1.